The smallest absolute Gasteiger partial charge is 0.415 e. The first-order valence-corrected chi connectivity index (χ1v) is 11.3. The van der Waals surface area contributed by atoms with Crippen molar-refractivity contribution in [2.75, 3.05) is 48.0 Å². The van der Waals surface area contributed by atoms with E-state index in [1.165, 1.54) is 0 Å². The monoisotopic (exact) mass is 450 g/mol. The maximum Gasteiger partial charge on any atom is 0.415 e. The van der Waals surface area contributed by atoms with Crippen LogP contribution in [0.5, 0.6) is 0 Å². The van der Waals surface area contributed by atoms with Gasteiger partial charge in [0, 0.05) is 30.2 Å². The number of carbonyl (C=O) groups excluding carboxylic acids is 1. The zero-order valence-corrected chi connectivity index (χ0v) is 18.2. The van der Waals surface area contributed by atoms with Gasteiger partial charge < -0.3 is 19.7 Å². The number of morpholine rings is 1. The van der Waals surface area contributed by atoms with Crippen LogP contribution < -0.4 is 15.1 Å². The molecule has 4 heterocycles. The number of hydrogen-bond acceptors (Lipinski definition) is 9. The molecule has 1 amide bonds. The number of nitrogens with zero attached hydrogens (tertiary/aromatic N) is 5. The first kappa shape index (κ1) is 19.8. The molecule has 0 radical (unpaired) electrons. The van der Waals surface area contributed by atoms with Gasteiger partial charge in [0.1, 0.15) is 17.6 Å². The second-order valence-corrected chi connectivity index (χ2v) is 9.16. The summed E-state index contributed by atoms with van der Waals surface area (Å²) in [5.41, 5.74) is 0. The third-order valence-electron chi connectivity index (χ3n) is 5.57. The standard InChI is InChI=1S/C19H23ClN6O3S/c1-11(14-9-21-18(30-14)25-4-6-28-7-5-25)22-17-23-15(20)8-16(24-17)26-13(12-2-3-12)10-29-19(26)27/h8-9,11-13H,2-7,10H2,1H3,(H,22,23,24)/t11-,13+/m0/s1. The van der Waals surface area contributed by atoms with Crippen molar-refractivity contribution >= 4 is 45.9 Å². The number of anilines is 3. The number of amides is 1. The molecule has 11 heteroatoms. The lowest BCUT2D eigenvalue weighted by Gasteiger charge is -2.26. The molecule has 3 aliphatic rings. The molecule has 1 N–H and O–H groups in total. The summed E-state index contributed by atoms with van der Waals surface area (Å²) in [4.78, 5) is 30.6. The molecular formula is C19H23ClN6O3S. The Labute approximate surface area is 183 Å². The van der Waals surface area contributed by atoms with E-state index in [0.29, 0.717) is 24.3 Å². The van der Waals surface area contributed by atoms with Crippen LogP contribution >= 0.6 is 22.9 Å². The molecule has 2 aromatic heterocycles. The van der Waals surface area contributed by atoms with Crippen molar-refractivity contribution in [3.8, 4) is 0 Å². The number of hydrogen-bond donors (Lipinski definition) is 1. The molecule has 1 aliphatic carbocycles. The third kappa shape index (κ3) is 4.03. The van der Waals surface area contributed by atoms with Gasteiger partial charge in [0.15, 0.2) is 5.13 Å². The minimum Gasteiger partial charge on any atom is -0.447 e. The highest BCUT2D eigenvalue weighted by atomic mass is 35.5. The van der Waals surface area contributed by atoms with Crippen molar-refractivity contribution in [2.24, 2.45) is 5.92 Å². The Balaban J connectivity index is 1.32. The molecule has 2 atom stereocenters. The summed E-state index contributed by atoms with van der Waals surface area (Å²) in [5, 5.41) is 4.56. The van der Waals surface area contributed by atoms with Crippen LogP contribution in [-0.2, 0) is 9.47 Å². The second kappa shape index (κ2) is 8.16. The highest BCUT2D eigenvalue weighted by molar-refractivity contribution is 7.15. The van der Waals surface area contributed by atoms with Crippen LogP contribution in [-0.4, -0.2) is 60.0 Å². The van der Waals surface area contributed by atoms with Gasteiger partial charge in [-0.25, -0.2) is 14.8 Å². The van der Waals surface area contributed by atoms with Crippen molar-refractivity contribution in [2.45, 2.75) is 31.8 Å². The fourth-order valence-electron chi connectivity index (χ4n) is 3.76. The van der Waals surface area contributed by atoms with Crippen LogP contribution in [0, 0.1) is 5.92 Å². The molecular weight excluding hydrogens is 428 g/mol. The minimum absolute atomic E-state index is 0.0197. The fraction of sp³-hybridized carbons (Fsp3) is 0.579. The van der Waals surface area contributed by atoms with Gasteiger partial charge in [0.2, 0.25) is 5.95 Å². The van der Waals surface area contributed by atoms with Gasteiger partial charge in [-0.3, -0.25) is 4.90 Å². The number of halogens is 1. The summed E-state index contributed by atoms with van der Waals surface area (Å²) in [7, 11) is 0. The van der Waals surface area contributed by atoms with Crippen molar-refractivity contribution in [1.29, 1.82) is 0 Å². The van der Waals surface area contributed by atoms with Gasteiger partial charge in [0.05, 0.1) is 25.3 Å². The predicted octanol–water partition coefficient (Wildman–Crippen LogP) is 3.33. The van der Waals surface area contributed by atoms with Gasteiger partial charge in [-0.15, -0.1) is 0 Å². The third-order valence-corrected chi connectivity index (χ3v) is 7.00. The van der Waals surface area contributed by atoms with Gasteiger partial charge in [-0.2, -0.15) is 4.98 Å². The average molecular weight is 451 g/mol. The van der Waals surface area contributed by atoms with E-state index in [1.807, 2.05) is 13.1 Å². The van der Waals surface area contributed by atoms with E-state index in [4.69, 9.17) is 21.1 Å². The number of carbonyl (C=O) groups is 1. The molecule has 3 fully saturated rings. The SMILES string of the molecule is C[C@H](Nc1nc(Cl)cc(N2C(=O)OC[C@@H]2C2CC2)n1)c1cnc(N2CCOCC2)s1. The lowest BCUT2D eigenvalue weighted by molar-refractivity contribution is 0.122. The summed E-state index contributed by atoms with van der Waals surface area (Å²) in [5.74, 6) is 1.32. The van der Waals surface area contributed by atoms with Crippen LogP contribution in [0.15, 0.2) is 12.3 Å². The molecule has 9 nitrogen and oxygen atoms in total. The van der Waals surface area contributed by atoms with Crippen molar-refractivity contribution in [3.63, 3.8) is 0 Å². The first-order valence-electron chi connectivity index (χ1n) is 10.1. The highest BCUT2D eigenvalue weighted by Gasteiger charge is 2.44. The number of ether oxygens (including phenoxy) is 2. The quantitative estimate of drug-likeness (QED) is 0.670. The zero-order valence-electron chi connectivity index (χ0n) is 16.6. The summed E-state index contributed by atoms with van der Waals surface area (Å²) in [6.45, 7) is 5.58. The van der Waals surface area contributed by atoms with Gasteiger partial charge in [-0.05, 0) is 25.7 Å². The Hall–Kier alpha value is -2.17. The Bertz CT molecular complexity index is 933. The lowest BCUT2D eigenvalue weighted by Crippen LogP contribution is -2.36. The number of thiazole rings is 1. The Morgan fingerprint density at radius 2 is 2.10 bits per heavy atom. The summed E-state index contributed by atoms with van der Waals surface area (Å²) in [6, 6.07) is 1.57. The molecule has 160 valence electrons. The van der Waals surface area contributed by atoms with Crippen LogP contribution in [0.1, 0.15) is 30.7 Å². The molecule has 1 saturated carbocycles. The largest absolute Gasteiger partial charge is 0.447 e. The number of nitrogens with one attached hydrogen (secondary N) is 1. The second-order valence-electron chi connectivity index (χ2n) is 7.73. The molecule has 0 aromatic carbocycles. The predicted molar refractivity (Wildman–Crippen MR) is 115 cm³/mol. The lowest BCUT2D eigenvalue weighted by atomic mass is 10.2. The van der Waals surface area contributed by atoms with E-state index in [0.717, 1.165) is 49.2 Å². The van der Waals surface area contributed by atoms with E-state index in [2.05, 4.69) is 25.2 Å². The van der Waals surface area contributed by atoms with Crippen LogP contribution in [0.3, 0.4) is 0 Å². The molecule has 2 aliphatic heterocycles. The molecule has 5 rings (SSSR count). The number of cyclic esters (lactones) is 1. The van der Waals surface area contributed by atoms with Crippen LogP contribution in [0.4, 0.5) is 21.7 Å². The minimum atomic E-state index is -0.377. The first-order chi connectivity index (χ1) is 14.6. The van der Waals surface area contributed by atoms with E-state index >= 15 is 0 Å². The summed E-state index contributed by atoms with van der Waals surface area (Å²) in [6.07, 6.45) is 3.71. The van der Waals surface area contributed by atoms with Gasteiger partial charge >= 0.3 is 6.09 Å². The molecule has 0 spiro atoms. The van der Waals surface area contributed by atoms with Crippen molar-refractivity contribution < 1.29 is 14.3 Å². The average Bonchev–Trinajstić information content (AvgIpc) is 3.32. The molecule has 0 bridgehead atoms. The Morgan fingerprint density at radius 3 is 2.87 bits per heavy atom. The zero-order chi connectivity index (χ0) is 20.7. The maximum atomic E-state index is 12.3. The van der Waals surface area contributed by atoms with Crippen LogP contribution in [0.2, 0.25) is 5.15 Å². The number of rotatable bonds is 6. The number of aromatic nitrogens is 3. The van der Waals surface area contributed by atoms with E-state index in [9.17, 15) is 4.79 Å². The normalized spacial score (nSPS) is 22.9. The van der Waals surface area contributed by atoms with Gasteiger partial charge in [-0.1, -0.05) is 22.9 Å². The molecule has 30 heavy (non-hydrogen) atoms. The molecule has 0 unspecified atom stereocenters. The summed E-state index contributed by atoms with van der Waals surface area (Å²) >= 11 is 7.89. The summed E-state index contributed by atoms with van der Waals surface area (Å²) < 4.78 is 10.7. The van der Waals surface area contributed by atoms with E-state index < -0.39 is 0 Å². The van der Waals surface area contributed by atoms with E-state index in [-0.39, 0.29) is 23.3 Å². The van der Waals surface area contributed by atoms with Crippen molar-refractivity contribution in [3.05, 3.63) is 22.3 Å². The topological polar surface area (TPSA) is 92.7 Å². The Morgan fingerprint density at radius 1 is 1.30 bits per heavy atom. The van der Waals surface area contributed by atoms with Crippen LogP contribution in [0.25, 0.3) is 0 Å². The van der Waals surface area contributed by atoms with Crippen molar-refractivity contribution in [1.82, 2.24) is 15.0 Å². The molecule has 2 saturated heterocycles. The highest BCUT2D eigenvalue weighted by Crippen LogP contribution is 2.40. The maximum absolute atomic E-state index is 12.3. The Kier molecular flexibility index (Phi) is 5.38. The van der Waals surface area contributed by atoms with Gasteiger partial charge in [0.25, 0.3) is 0 Å². The molecule has 2 aromatic rings. The fourth-order valence-corrected chi connectivity index (χ4v) is 4.91. The van der Waals surface area contributed by atoms with E-state index in [1.54, 1.807) is 22.3 Å².